The first-order chi connectivity index (χ1) is 11.8. The van der Waals surface area contributed by atoms with Crippen LogP contribution in [0.5, 0.6) is 0 Å². The first kappa shape index (κ1) is 15.2. The zero-order valence-electron chi connectivity index (χ0n) is 14.0. The highest BCUT2D eigenvalue weighted by atomic mass is 15.1. The Morgan fingerprint density at radius 3 is 2.71 bits per heavy atom. The van der Waals surface area contributed by atoms with Gasteiger partial charge in [-0.2, -0.15) is 0 Å². The number of benzene rings is 1. The summed E-state index contributed by atoms with van der Waals surface area (Å²) in [6.45, 7) is 0.525. The van der Waals surface area contributed by atoms with Gasteiger partial charge in [0.15, 0.2) is 5.96 Å². The maximum atomic E-state index is 6.05. The number of guanidine groups is 1. The summed E-state index contributed by atoms with van der Waals surface area (Å²) in [5, 5.41) is 3.20. The van der Waals surface area contributed by atoms with E-state index in [2.05, 4.69) is 40.6 Å². The number of nitrogens with zero attached hydrogens (tertiary/aromatic N) is 2. The van der Waals surface area contributed by atoms with Crippen LogP contribution in [0.2, 0.25) is 0 Å². The summed E-state index contributed by atoms with van der Waals surface area (Å²) in [6, 6.07) is 10.8. The van der Waals surface area contributed by atoms with E-state index in [1.165, 1.54) is 54.5 Å². The van der Waals surface area contributed by atoms with Gasteiger partial charge in [0.25, 0.3) is 0 Å². The molecule has 0 radical (unpaired) electrons. The lowest BCUT2D eigenvalue weighted by molar-refractivity contribution is 0.663. The average Bonchev–Trinajstić information content (AvgIpc) is 3.07. The van der Waals surface area contributed by atoms with Crippen LogP contribution in [0.1, 0.15) is 47.3 Å². The van der Waals surface area contributed by atoms with Gasteiger partial charge in [0.2, 0.25) is 0 Å². The van der Waals surface area contributed by atoms with Crippen LogP contribution < -0.4 is 11.1 Å². The SMILES string of the molecule is NC(=NCc1ccc2c(n1)CCCC2)Nc1ccc2c(c1)CCC2. The molecule has 124 valence electrons. The van der Waals surface area contributed by atoms with Crippen molar-refractivity contribution in [3.8, 4) is 0 Å². The Bertz CT molecular complexity index is 779. The normalized spacial score (nSPS) is 16.6. The van der Waals surface area contributed by atoms with Crippen LogP contribution in [0, 0.1) is 0 Å². The number of hydrogen-bond acceptors (Lipinski definition) is 2. The number of aromatic nitrogens is 1. The van der Waals surface area contributed by atoms with Crippen LogP contribution >= 0.6 is 0 Å². The Morgan fingerprint density at radius 2 is 1.75 bits per heavy atom. The number of nitrogens with one attached hydrogen (secondary N) is 1. The van der Waals surface area contributed by atoms with E-state index in [1.807, 2.05) is 0 Å². The van der Waals surface area contributed by atoms with Gasteiger partial charge in [-0.1, -0.05) is 12.1 Å². The summed E-state index contributed by atoms with van der Waals surface area (Å²) in [6.07, 6.45) is 8.40. The van der Waals surface area contributed by atoms with E-state index in [0.717, 1.165) is 24.2 Å². The Balaban J connectivity index is 1.42. The summed E-state index contributed by atoms with van der Waals surface area (Å²) >= 11 is 0. The first-order valence-corrected chi connectivity index (χ1v) is 8.94. The van der Waals surface area contributed by atoms with E-state index in [9.17, 15) is 0 Å². The van der Waals surface area contributed by atoms with Gasteiger partial charge < -0.3 is 11.1 Å². The average molecular weight is 320 g/mol. The molecule has 0 unspecified atom stereocenters. The van der Waals surface area contributed by atoms with E-state index < -0.39 is 0 Å². The van der Waals surface area contributed by atoms with Crippen molar-refractivity contribution in [2.24, 2.45) is 10.7 Å². The van der Waals surface area contributed by atoms with Crippen molar-refractivity contribution in [1.82, 2.24) is 4.98 Å². The number of nitrogens with two attached hydrogens (primary N) is 1. The fourth-order valence-electron chi connectivity index (χ4n) is 3.72. The summed E-state index contributed by atoms with van der Waals surface area (Å²) in [7, 11) is 0. The molecule has 0 spiro atoms. The lowest BCUT2D eigenvalue weighted by Crippen LogP contribution is -2.22. The number of hydrogen-bond donors (Lipinski definition) is 2. The van der Waals surface area contributed by atoms with E-state index in [0.29, 0.717) is 12.5 Å². The molecular weight excluding hydrogens is 296 g/mol. The predicted molar refractivity (Wildman–Crippen MR) is 98.3 cm³/mol. The second-order valence-electron chi connectivity index (χ2n) is 6.78. The molecule has 1 heterocycles. The molecule has 4 nitrogen and oxygen atoms in total. The van der Waals surface area contributed by atoms with E-state index in [1.54, 1.807) is 0 Å². The van der Waals surface area contributed by atoms with Gasteiger partial charge in [-0.05, 0) is 79.8 Å². The monoisotopic (exact) mass is 320 g/mol. The Labute approximate surface area is 143 Å². The van der Waals surface area contributed by atoms with Crippen molar-refractivity contribution in [3.63, 3.8) is 0 Å². The van der Waals surface area contributed by atoms with Crippen molar-refractivity contribution in [2.45, 2.75) is 51.5 Å². The molecule has 1 aromatic heterocycles. The van der Waals surface area contributed by atoms with E-state index in [-0.39, 0.29) is 0 Å². The van der Waals surface area contributed by atoms with E-state index in [4.69, 9.17) is 10.7 Å². The number of fused-ring (bicyclic) bond motifs is 2. The summed E-state index contributed by atoms with van der Waals surface area (Å²) in [5.41, 5.74) is 13.6. The third kappa shape index (κ3) is 3.28. The highest BCUT2D eigenvalue weighted by Crippen LogP contribution is 2.24. The number of pyridine rings is 1. The molecule has 0 bridgehead atoms. The number of anilines is 1. The second kappa shape index (κ2) is 6.63. The van der Waals surface area contributed by atoms with Crippen molar-refractivity contribution in [3.05, 3.63) is 58.4 Å². The molecule has 0 fully saturated rings. The molecule has 4 heteroatoms. The minimum Gasteiger partial charge on any atom is -0.370 e. The highest BCUT2D eigenvalue weighted by Gasteiger charge is 2.12. The van der Waals surface area contributed by atoms with Gasteiger partial charge in [-0.3, -0.25) is 4.98 Å². The Kier molecular flexibility index (Phi) is 4.20. The van der Waals surface area contributed by atoms with Crippen molar-refractivity contribution in [1.29, 1.82) is 0 Å². The van der Waals surface area contributed by atoms with E-state index >= 15 is 0 Å². The maximum absolute atomic E-state index is 6.05. The van der Waals surface area contributed by atoms with Crippen LogP contribution in [0.15, 0.2) is 35.3 Å². The summed E-state index contributed by atoms with van der Waals surface area (Å²) < 4.78 is 0. The smallest absolute Gasteiger partial charge is 0.193 e. The van der Waals surface area contributed by atoms with Gasteiger partial charge in [-0.25, -0.2) is 4.99 Å². The lowest BCUT2D eigenvalue weighted by atomic mass is 9.96. The molecule has 2 aromatic rings. The van der Waals surface area contributed by atoms with Crippen LogP contribution in [-0.4, -0.2) is 10.9 Å². The quantitative estimate of drug-likeness (QED) is 0.673. The third-order valence-corrected chi connectivity index (χ3v) is 5.02. The zero-order valence-corrected chi connectivity index (χ0v) is 14.0. The fraction of sp³-hybridized carbons (Fsp3) is 0.400. The first-order valence-electron chi connectivity index (χ1n) is 8.94. The minimum absolute atomic E-state index is 0.451. The second-order valence-corrected chi connectivity index (χ2v) is 6.78. The topological polar surface area (TPSA) is 63.3 Å². The molecule has 0 atom stereocenters. The molecule has 0 saturated heterocycles. The maximum Gasteiger partial charge on any atom is 0.193 e. The van der Waals surface area contributed by atoms with Crippen LogP contribution in [0.25, 0.3) is 0 Å². The molecule has 2 aliphatic carbocycles. The van der Waals surface area contributed by atoms with Gasteiger partial charge in [0, 0.05) is 11.4 Å². The van der Waals surface area contributed by atoms with Crippen molar-refractivity contribution >= 4 is 11.6 Å². The van der Waals surface area contributed by atoms with Crippen molar-refractivity contribution < 1.29 is 0 Å². The summed E-state index contributed by atoms with van der Waals surface area (Å²) in [5.74, 6) is 0.451. The number of aryl methyl sites for hydroxylation is 4. The molecule has 24 heavy (non-hydrogen) atoms. The van der Waals surface area contributed by atoms with Gasteiger partial charge in [0.1, 0.15) is 0 Å². The van der Waals surface area contributed by atoms with Crippen LogP contribution in [-0.2, 0) is 32.2 Å². The number of aliphatic imine (C=N–C) groups is 1. The summed E-state index contributed by atoms with van der Waals surface area (Å²) in [4.78, 5) is 9.20. The minimum atomic E-state index is 0.451. The molecule has 0 saturated carbocycles. The zero-order chi connectivity index (χ0) is 16.4. The molecule has 2 aliphatic rings. The third-order valence-electron chi connectivity index (χ3n) is 5.02. The van der Waals surface area contributed by atoms with Gasteiger partial charge in [0.05, 0.1) is 12.2 Å². The van der Waals surface area contributed by atoms with Gasteiger partial charge in [-0.15, -0.1) is 0 Å². The van der Waals surface area contributed by atoms with Crippen LogP contribution in [0.3, 0.4) is 0 Å². The predicted octanol–water partition coefficient (Wildman–Crippen LogP) is 3.38. The fourth-order valence-corrected chi connectivity index (χ4v) is 3.72. The lowest BCUT2D eigenvalue weighted by Gasteiger charge is -2.15. The van der Waals surface area contributed by atoms with Crippen LogP contribution in [0.4, 0.5) is 5.69 Å². The van der Waals surface area contributed by atoms with Gasteiger partial charge >= 0.3 is 0 Å². The molecule has 0 aliphatic heterocycles. The largest absolute Gasteiger partial charge is 0.370 e. The Hall–Kier alpha value is -2.36. The molecule has 0 amide bonds. The molecular formula is C20H24N4. The molecule has 3 N–H and O–H groups in total. The van der Waals surface area contributed by atoms with Crippen molar-refractivity contribution in [2.75, 3.05) is 5.32 Å². The molecule has 1 aromatic carbocycles. The number of rotatable bonds is 3. The Morgan fingerprint density at radius 1 is 0.958 bits per heavy atom. The molecule has 4 rings (SSSR count). The highest BCUT2D eigenvalue weighted by molar-refractivity contribution is 5.92. The standard InChI is InChI=1S/C20H24N4/c21-20(24-17-10-8-14-5-3-6-16(14)12-17)22-13-18-11-9-15-4-1-2-7-19(15)23-18/h8-12H,1-7,13H2,(H3,21,22,24).